The molecule has 38 heavy (non-hydrogen) atoms. The van der Waals surface area contributed by atoms with E-state index >= 15 is 0 Å². The number of rotatable bonds is 7. The minimum absolute atomic E-state index is 0.00938. The summed E-state index contributed by atoms with van der Waals surface area (Å²) >= 11 is 0. The van der Waals surface area contributed by atoms with Gasteiger partial charge in [-0.3, -0.25) is 14.4 Å². The molecule has 1 aliphatic heterocycles. The summed E-state index contributed by atoms with van der Waals surface area (Å²) in [5.41, 5.74) is 19.9. The second-order valence-corrected chi connectivity index (χ2v) is 9.41. The lowest BCUT2D eigenvalue weighted by Gasteiger charge is -2.33. The molecule has 0 unspecified atom stereocenters. The topological polar surface area (TPSA) is 197 Å². The smallest absolute Gasteiger partial charge is 0.245 e. The lowest BCUT2D eigenvalue weighted by atomic mass is 9.95. The number of carbonyl (C=O) groups is 3. The first-order chi connectivity index (χ1) is 18.2. The van der Waals surface area contributed by atoms with Crippen molar-refractivity contribution in [2.24, 2.45) is 17.2 Å². The first kappa shape index (κ1) is 28.9. The Kier molecular flexibility index (Phi) is 10.1. The Hall–Kier alpha value is -3.67. The van der Waals surface area contributed by atoms with Gasteiger partial charge in [-0.15, -0.1) is 0 Å². The van der Waals surface area contributed by atoms with Crippen LogP contribution in [0.1, 0.15) is 30.9 Å². The lowest BCUT2D eigenvalue weighted by Crippen LogP contribution is -2.58. The molecule has 0 saturated carbocycles. The van der Waals surface area contributed by atoms with Gasteiger partial charge in [0.15, 0.2) is 0 Å². The van der Waals surface area contributed by atoms with Crippen LogP contribution in [0.15, 0.2) is 36.4 Å². The molecule has 1 heterocycles. The highest BCUT2D eigenvalue weighted by Gasteiger charge is 2.35. The number of hydrogen-bond acceptors (Lipinski definition) is 8. The fourth-order valence-corrected chi connectivity index (χ4v) is 4.64. The highest BCUT2D eigenvalue weighted by molar-refractivity contribution is 5.93. The molecule has 1 aliphatic rings. The maximum Gasteiger partial charge on any atom is 0.245 e. The first-order valence-corrected chi connectivity index (χ1v) is 12.9. The van der Waals surface area contributed by atoms with E-state index in [1.807, 2.05) is 0 Å². The van der Waals surface area contributed by atoms with Crippen LogP contribution in [0.3, 0.4) is 0 Å². The molecule has 0 radical (unpaired) electrons. The summed E-state index contributed by atoms with van der Waals surface area (Å²) in [6.07, 6.45) is 0.773. The van der Waals surface area contributed by atoms with Gasteiger partial charge >= 0.3 is 0 Å². The molecule has 11 heteroatoms. The van der Waals surface area contributed by atoms with Crippen LogP contribution >= 0.6 is 0 Å². The van der Waals surface area contributed by atoms with E-state index in [9.17, 15) is 24.6 Å². The Balaban J connectivity index is 2.17. The summed E-state index contributed by atoms with van der Waals surface area (Å²) in [5.74, 6) is -1.47. The maximum absolute atomic E-state index is 13.8. The van der Waals surface area contributed by atoms with Crippen LogP contribution in [0.4, 0.5) is 0 Å². The average molecular weight is 527 g/mol. The van der Waals surface area contributed by atoms with Crippen molar-refractivity contribution in [1.29, 1.82) is 0 Å². The molecule has 11 nitrogen and oxygen atoms in total. The lowest BCUT2D eigenvalue weighted by molar-refractivity contribution is -0.143. The molecule has 2 aromatic carbocycles. The molecule has 3 atom stereocenters. The van der Waals surface area contributed by atoms with Crippen LogP contribution in [-0.2, 0) is 27.2 Å². The van der Waals surface area contributed by atoms with Gasteiger partial charge in [-0.05, 0) is 72.8 Å². The van der Waals surface area contributed by atoms with E-state index < -0.39 is 35.8 Å². The van der Waals surface area contributed by atoms with E-state index in [0.717, 1.165) is 11.1 Å². The number of phenolic OH excluding ortho intramolecular Hbond substituents is 2. The van der Waals surface area contributed by atoms with E-state index in [-0.39, 0.29) is 50.4 Å². The predicted octanol–water partition coefficient (Wildman–Crippen LogP) is -0.294. The number of fused-ring (bicyclic) bond motifs is 5. The number of nitrogens with zero attached hydrogens (tertiary/aromatic N) is 1. The summed E-state index contributed by atoms with van der Waals surface area (Å²) in [4.78, 5) is 41.6. The quantitative estimate of drug-likeness (QED) is 0.255. The third-order valence-electron chi connectivity index (χ3n) is 6.74. The standard InChI is InChI=1S/C27H38N6O5/c1-2-33-22(26(37)31-11-10-29)15-19-13-17(6-8-24(19)35)16-5-7-23(34)18(12-16)14-20(30)25(36)32-21(27(33)38)4-3-9-28/h5-8,12-13,20-22,34-35H,2-4,9-11,14-15,28-30H2,1H3,(H,31,37)(H,32,36)/t20-,21+,22+/m1/s1. The summed E-state index contributed by atoms with van der Waals surface area (Å²) in [5, 5.41) is 26.6. The Morgan fingerprint density at radius 1 is 1.03 bits per heavy atom. The summed E-state index contributed by atoms with van der Waals surface area (Å²) in [6, 6.07) is 6.99. The van der Waals surface area contributed by atoms with Crippen molar-refractivity contribution in [1.82, 2.24) is 15.5 Å². The van der Waals surface area contributed by atoms with Gasteiger partial charge in [0.05, 0.1) is 6.04 Å². The van der Waals surface area contributed by atoms with Crippen molar-refractivity contribution >= 4 is 17.7 Å². The molecular weight excluding hydrogens is 488 g/mol. The predicted molar refractivity (Wildman–Crippen MR) is 144 cm³/mol. The molecule has 2 aromatic rings. The first-order valence-electron chi connectivity index (χ1n) is 12.9. The summed E-state index contributed by atoms with van der Waals surface area (Å²) < 4.78 is 0. The summed E-state index contributed by atoms with van der Waals surface area (Å²) in [6.45, 7) is 2.66. The number of amides is 3. The molecule has 3 amide bonds. The Morgan fingerprint density at radius 2 is 1.63 bits per heavy atom. The third-order valence-corrected chi connectivity index (χ3v) is 6.74. The Labute approximate surface area is 222 Å². The number of carbonyl (C=O) groups excluding carboxylic acids is 3. The van der Waals surface area contributed by atoms with Crippen molar-refractivity contribution in [3.8, 4) is 22.6 Å². The molecule has 206 valence electrons. The maximum atomic E-state index is 13.8. The van der Waals surface area contributed by atoms with Crippen molar-refractivity contribution in [3.05, 3.63) is 47.5 Å². The second kappa shape index (κ2) is 13.2. The summed E-state index contributed by atoms with van der Waals surface area (Å²) in [7, 11) is 0. The molecule has 0 aromatic heterocycles. The second-order valence-electron chi connectivity index (χ2n) is 9.41. The minimum atomic E-state index is -1.04. The van der Waals surface area contributed by atoms with Crippen LogP contribution in [0.5, 0.6) is 11.5 Å². The highest BCUT2D eigenvalue weighted by atomic mass is 16.3. The van der Waals surface area contributed by atoms with Gasteiger partial charge in [0.1, 0.15) is 23.6 Å². The number of benzene rings is 2. The zero-order valence-corrected chi connectivity index (χ0v) is 21.7. The number of hydrogen-bond donors (Lipinski definition) is 7. The van der Waals surface area contributed by atoms with Crippen molar-refractivity contribution in [2.75, 3.05) is 26.2 Å². The van der Waals surface area contributed by atoms with E-state index in [1.165, 1.54) is 17.0 Å². The minimum Gasteiger partial charge on any atom is -0.508 e. The molecule has 0 aliphatic carbocycles. The van der Waals surface area contributed by atoms with Crippen LogP contribution < -0.4 is 27.8 Å². The van der Waals surface area contributed by atoms with Crippen LogP contribution in [0, 0.1) is 0 Å². The molecule has 0 spiro atoms. The molecule has 0 saturated heterocycles. The van der Waals surface area contributed by atoms with Gasteiger partial charge in [0.25, 0.3) is 0 Å². The van der Waals surface area contributed by atoms with Gasteiger partial charge < -0.3 is 42.9 Å². The zero-order valence-electron chi connectivity index (χ0n) is 21.7. The Bertz CT molecular complexity index is 1160. The van der Waals surface area contributed by atoms with Crippen molar-refractivity contribution in [3.63, 3.8) is 0 Å². The van der Waals surface area contributed by atoms with Crippen LogP contribution in [0.25, 0.3) is 11.1 Å². The van der Waals surface area contributed by atoms with Crippen molar-refractivity contribution < 1.29 is 24.6 Å². The molecule has 10 N–H and O–H groups in total. The number of aromatic hydroxyl groups is 2. The normalized spacial score (nSPS) is 20.3. The molecular formula is C27H38N6O5. The molecule has 3 rings (SSSR count). The van der Waals surface area contributed by atoms with E-state index in [0.29, 0.717) is 24.1 Å². The SMILES string of the molecule is CCN1C(=O)[C@H](CCCN)NC(=O)[C@H](N)Cc2cc(ccc2O)-c2ccc(O)c(c2)C[C@H]1C(=O)NCCN. The largest absolute Gasteiger partial charge is 0.508 e. The monoisotopic (exact) mass is 526 g/mol. The average Bonchev–Trinajstić information content (AvgIpc) is 2.91. The van der Waals surface area contributed by atoms with Gasteiger partial charge in [0, 0.05) is 32.5 Å². The number of likely N-dealkylation sites (N-methyl/N-ethyl adjacent to an activating group) is 1. The highest BCUT2D eigenvalue weighted by Crippen LogP contribution is 2.31. The van der Waals surface area contributed by atoms with Gasteiger partial charge in [-0.2, -0.15) is 0 Å². The van der Waals surface area contributed by atoms with Crippen LogP contribution in [0.2, 0.25) is 0 Å². The van der Waals surface area contributed by atoms with Gasteiger partial charge in [0.2, 0.25) is 17.7 Å². The third kappa shape index (κ3) is 6.80. The van der Waals surface area contributed by atoms with E-state index in [4.69, 9.17) is 17.2 Å². The van der Waals surface area contributed by atoms with E-state index in [2.05, 4.69) is 10.6 Å². The van der Waals surface area contributed by atoms with E-state index in [1.54, 1.807) is 31.2 Å². The number of nitrogens with one attached hydrogen (secondary N) is 2. The zero-order chi connectivity index (χ0) is 27.8. The number of nitrogens with two attached hydrogens (primary N) is 3. The molecule has 0 fully saturated rings. The van der Waals surface area contributed by atoms with Gasteiger partial charge in [-0.25, -0.2) is 0 Å². The number of phenols is 2. The van der Waals surface area contributed by atoms with Crippen molar-refractivity contribution in [2.45, 2.75) is 50.7 Å². The Morgan fingerprint density at radius 3 is 2.18 bits per heavy atom. The van der Waals surface area contributed by atoms with Crippen LogP contribution in [-0.4, -0.2) is 77.1 Å². The fraction of sp³-hybridized carbons (Fsp3) is 0.444. The molecule has 4 bridgehead atoms. The fourth-order valence-electron chi connectivity index (χ4n) is 4.64. The van der Waals surface area contributed by atoms with Gasteiger partial charge in [-0.1, -0.05) is 12.1 Å².